The number of rotatable bonds is 7. The fourth-order valence-electron chi connectivity index (χ4n) is 3.35. The molecule has 30 heavy (non-hydrogen) atoms. The highest BCUT2D eigenvalue weighted by Crippen LogP contribution is 2.22. The topological polar surface area (TPSA) is 45.1 Å². The van der Waals surface area contributed by atoms with E-state index in [-0.39, 0.29) is 36.6 Å². The molecular weight excluding hydrogens is 388 g/mol. The van der Waals surface area contributed by atoms with E-state index in [4.69, 9.17) is 4.84 Å². The normalized spacial score (nSPS) is 15.7. The van der Waals surface area contributed by atoms with Gasteiger partial charge in [-0.2, -0.15) is 0 Å². The van der Waals surface area contributed by atoms with Gasteiger partial charge in [-0.3, -0.25) is 4.79 Å². The lowest BCUT2D eigenvalue weighted by Crippen LogP contribution is -2.39. The maximum absolute atomic E-state index is 14.1. The van der Waals surface area contributed by atoms with Gasteiger partial charge >= 0.3 is 0 Å². The molecule has 0 spiro atoms. The predicted octanol–water partition coefficient (Wildman–Crippen LogP) is 4.21. The van der Waals surface area contributed by atoms with E-state index in [1.165, 1.54) is 12.1 Å². The van der Waals surface area contributed by atoms with Crippen LogP contribution in [0.5, 0.6) is 0 Å². The molecular formula is C23H27F2N3O2. The standard InChI is InChI=1S/C23H27F2N3O2/c1-15(2)23(29)28(13-17-5-8-18(24)11-21(17)25)14-20-12-22(26-30-20)16-6-9-19(10-7-16)27(3)4/h5-11,15,20H,12-14H2,1-4H3/t20-/m0/s1. The summed E-state index contributed by atoms with van der Waals surface area (Å²) in [5, 5.41) is 4.20. The molecule has 2 aromatic carbocycles. The minimum absolute atomic E-state index is 0.0514. The maximum Gasteiger partial charge on any atom is 0.225 e. The molecule has 0 radical (unpaired) electrons. The molecule has 0 bridgehead atoms. The Morgan fingerprint density at radius 3 is 2.47 bits per heavy atom. The number of amides is 1. The van der Waals surface area contributed by atoms with E-state index in [2.05, 4.69) is 5.16 Å². The Labute approximate surface area is 175 Å². The molecule has 0 unspecified atom stereocenters. The van der Waals surface area contributed by atoms with Gasteiger partial charge in [0.2, 0.25) is 5.91 Å². The quantitative estimate of drug-likeness (QED) is 0.681. The van der Waals surface area contributed by atoms with Crippen LogP contribution in [0, 0.1) is 17.6 Å². The van der Waals surface area contributed by atoms with Crippen LogP contribution in [0.2, 0.25) is 0 Å². The molecule has 1 atom stereocenters. The first-order chi connectivity index (χ1) is 14.2. The fraction of sp³-hybridized carbons (Fsp3) is 0.391. The third-order valence-electron chi connectivity index (χ3n) is 5.06. The van der Waals surface area contributed by atoms with Crippen molar-refractivity contribution in [2.45, 2.75) is 32.9 Å². The number of nitrogens with zero attached hydrogens (tertiary/aromatic N) is 3. The van der Waals surface area contributed by atoms with Gasteiger partial charge in [0.15, 0.2) is 6.10 Å². The van der Waals surface area contributed by atoms with E-state index < -0.39 is 11.6 Å². The smallest absolute Gasteiger partial charge is 0.225 e. The second kappa shape index (κ2) is 9.24. The molecule has 0 aromatic heterocycles. The third-order valence-corrected chi connectivity index (χ3v) is 5.06. The molecule has 2 aromatic rings. The zero-order chi connectivity index (χ0) is 21.8. The molecule has 0 N–H and O–H groups in total. The van der Waals surface area contributed by atoms with E-state index >= 15 is 0 Å². The molecule has 0 saturated carbocycles. The predicted molar refractivity (Wildman–Crippen MR) is 113 cm³/mol. The minimum atomic E-state index is -0.665. The van der Waals surface area contributed by atoms with Crippen molar-refractivity contribution in [1.29, 1.82) is 0 Å². The number of oxime groups is 1. The lowest BCUT2D eigenvalue weighted by molar-refractivity contribution is -0.137. The highest BCUT2D eigenvalue weighted by molar-refractivity contribution is 6.01. The number of carbonyl (C=O) groups excluding carboxylic acids is 1. The molecule has 1 aliphatic rings. The zero-order valence-corrected chi connectivity index (χ0v) is 17.7. The van der Waals surface area contributed by atoms with Crippen molar-refractivity contribution < 1.29 is 18.4 Å². The van der Waals surface area contributed by atoms with Crippen molar-refractivity contribution in [1.82, 2.24) is 4.90 Å². The summed E-state index contributed by atoms with van der Waals surface area (Å²) in [6.45, 7) is 3.91. The molecule has 1 amide bonds. The molecule has 5 nitrogen and oxygen atoms in total. The first kappa shape index (κ1) is 21.7. The number of anilines is 1. The summed E-state index contributed by atoms with van der Waals surface area (Å²) in [4.78, 5) is 21.8. The number of hydrogen-bond acceptors (Lipinski definition) is 4. The van der Waals surface area contributed by atoms with Crippen LogP contribution in [0.25, 0.3) is 0 Å². The van der Waals surface area contributed by atoms with Crippen molar-refractivity contribution in [2.75, 3.05) is 25.5 Å². The second-order valence-corrected chi connectivity index (χ2v) is 8.02. The first-order valence-electron chi connectivity index (χ1n) is 9.97. The van der Waals surface area contributed by atoms with Crippen LogP contribution in [0.4, 0.5) is 14.5 Å². The first-order valence-corrected chi connectivity index (χ1v) is 9.97. The van der Waals surface area contributed by atoms with E-state index in [9.17, 15) is 13.6 Å². The van der Waals surface area contributed by atoms with Crippen LogP contribution in [0.3, 0.4) is 0 Å². The second-order valence-electron chi connectivity index (χ2n) is 8.02. The molecule has 1 heterocycles. The van der Waals surface area contributed by atoms with E-state index in [0.717, 1.165) is 23.0 Å². The SMILES string of the molecule is CC(C)C(=O)N(Cc1ccc(F)cc1F)C[C@@H]1CC(c2ccc(N(C)C)cc2)=NO1. The van der Waals surface area contributed by atoms with Crippen LogP contribution < -0.4 is 4.90 Å². The monoisotopic (exact) mass is 415 g/mol. The Morgan fingerprint density at radius 1 is 1.17 bits per heavy atom. The molecule has 0 fully saturated rings. The van der Waals surface area contributed by atoms with Gasteiger partial charge in [0.1, 0.15) is 11.6 Å². The summed E-state index contributed by atoms with van der Waals surface area (Å²) < 4.78 is 27.3. The van der Waals surface area contributed by atoms with Gasteiger partial charge < -0.3 is 14.6 Å². The molecule has 0 aliphatic carbocycles. The van der Waals surface area contributed by atoms with Gasteiger partial charge in [0, 0.05) is 50.3 Å². The molecule has 160 valence electrons. The number of benzene rings is 2. The van der Waals surface area contributed by atoms with Crippen LogP contribution in [-0.4, -0.2) is 43.3 Å². The maximum atomic E-state index is 14.1. The largest absolute Gasteiger partial charge is 0.390 e. The van der Waals surface area contributed by atoms with Crippen LogP contribution in [0.1, 0.15) is 31.4 Å². The Morgan fingerprint density at radius 2 is 1.87 bits per heavy atom. The summed E-state index contributed by atoms with van der Waals surface area (Å²) in [5.41, 5.74) is 3.14. The molecule has 0 saturated heterocycles. The zero-order valence-electron chi connectivity index (χ0n) is 17.7. The van der Waals surface area contributed by atoms with Gasteiger partial charge in [-0.05, 0) is 23.8 Å². The van der Waals surface area contributed by atoms with Crippen molar-refractivity contribution in [3.63, 3.8) is 0 Å². The van der Waals surface area contributed by atoms with Gasteiger partial charge in [-0.15, -0.1) is 0 Å². The van der Waals surface area contributed by atoms with Gasteiger partial charge in [0.05, 0.1) is 12.3 Å². The Balaban J connectivity index is 1.69. The van der Waals surface area contributed by atoms with Crippen molar-refractivity contribution in [3.05, 3.63) is 65.2 Å². The Kier molecular flexibility index (Phi) is 6.70. The number of halogens is 2. The summed E-state index contributed by atoms with van der Waals surface area (Å²) in [6, 6.07) is 11.4. The van der Waals surface area contributed by atoms with Gasteiger partial charge in [-0.25, -0.2) is 8.78 Å². The van der Waals surface area contributed by atoms with Gasteiger partial charge in [0.25, 0.3) is 0 Å². The minimum Gasteiger partial charge on any atom is -0.390 e. The van der Waals surface area contributed by atoms with Crippen LogP contribution in [0.15, 0.2) is 47.6 Å². The number of carbonyl (C=O) groups is 1. The Hall–Kier alpha value is -2.96. The third kappa shape index (κ3) is 5.14. The summed E-state index contributed by atoms with van der Waals surface area (Å²) in [5.74, 6) is -1.68. The summed E-state index contributed by atoms with van der Waals surface area (Å²) in [7, 11) is 3.96. The van der Waals surface area contributed by atoms with E-state index in [1.807, 2.05) is 43.3 Å². The van der Waals surface area contributed by atoms with Crippen LogP contribution >= 0.6 is 0 Å². The highest BCUT2D eigenvalue weighted by Gasteiger charge is 2.28. The van der Waals surface area contributed by atoms with Crippen molar-refractivity contribution in [2.24, 2.45) is 11.1 Å². The molecule has 7 heteroatoms. The van der Waals surface area contributed by atoms with Gasteiger partial charge in [-0.1, -0.05) is 37.2 Å². The molecule has 1 aliphatic heterocycles. The Bertz CT molecular complexity index is 927. The average Bonchev–Trinajstić information content (AvgIpc) is 3.17. The summed E-state index contributed by atoms with van der Waals surface area (Å²) in [6.07, 6.45) is 0.231. The average molecular weight is 415 g/mol. The lowest BCUT2D eigenvalue weighted by Gasteiger charge is -2.26. The van der Waals surface area contributed by atoms with Crippen molar-refractivity contribution >= 4 is 17.3 Å². The van der Waals surface area contributed by atoms with E-state index in [1.54, 1.807) is 18.7 Å². The molecule has 3 rings (SSSR count). The van der Waals surface area contributed by atoms with Crippen LogP contribution in [-0.2, 0) is 16.2 Å². The fourth-order valence-corrected chi connectivity index (χ4v) is 3.35. The van der Waals surface area contributed by atoms with Crippen molar-refractivity contribution in [3.8, 4) is 0 Å². The number of hydrogen-bond donors (Lipinski definition) is 0. The highest BCUT2D eigenvalue weighted by atomic mass is 19.1. The summed E-state index contributed by atoms with van der Waals surface area (Å²) >= 11 is 0. The lowest BCUT2D eigenvalue weighted by atomic mass is 10.0. The van der Waals surface area contributed by atoms with E-state index in [0.29, 0.717) is 6.42 Å².